The molecule has 0 aliphatic carbocycles. The van der Waals surface area contributed by atoms with Crippen molar-refractivity contribution in [2.24, 2.45) is 0 Å². The average molecular weight is 333 g/mol. The van der Waals surface area contributed by atoms with Crippen molar-refractivity contribution in [1.29, 1.82) is 0 Å². The third-order valence-electron chi connectivity index (χ3n) is 4.83. The van der Waals surface area contributed by atoms with E-state index in [4.69, 9.17) is 0 Å². The first kappa shape index (κ1) is 17.7. The highest BCUT2D eigenvalue weighted by Gasteiger charge is 2.19. The summed E-state index contributed by atoms with van der Waals surface area (Å²) in [4.78, 5) is 0. The van der Waals surface area contributed by atoms with Crippen LogP contribution in [-0.2, 0) is 0 Å². The van der Waals surface area contributed by atoms with Crippen molar-refractivity contribution in [2.75, 3.05) is 6.61 Å². The Balaban J connectivity index is 1.93. The van der Waals surface area contributed by atoms with Gasteiger partial charge in [-0.15, -0.1) is 0 Å². The van der Waals surface area contributed by atoms with Crippen LogP contribution < -0.4 is 5.32 Å². The molecule has 2 nitrogen and oxygen atoms in total. The van der Waals surface area contributed by atoms with Gasteiger partial charge in [0, 0.05) is 6.04 Å². The van der Waals surface area contributed by atoms with Gasteiger partial charge in [-0.3, -0.25) is 0 Å². The smallest absolute Gasteiger partial charge is 0.0626 e. The molecule has 0 aliphatic rings. The lowest BCUT2D eigenvalue weighted by molar-refractivity contribution is 0.230. The van der Waals surface area contributed by atoms with Crippen LogP contribution in [0.4, 0.5) is 0 Å². The second kappa shape index (κ2) is 8.80. The molecule has 2 N–H and O–H groups in total. The van der Waals surface area contributed by atoms with Crippen LogP contribution in [0.3, 0.4) is 0 Å². The van der Waals surface area contributed by atoms with Gasteiger partial charge in [-0.2, -0.15) is 0 Å². The van der Waals surface area contributed by atoms with E-state index < -0.39 is 0 Å². The molecular weight excluding hydrogens is 306 g/mol. The molecule has 3 aromatic rings. The second-order valence-corrected chi connectivity index (χ2v) is 6.58. The summed E-state index contributed by atoms with van der Waals surface area (Å²) in [5, 5.41) is 16.2. The summed E-state index contributed by atoms with van der Waals surface area (Å²) < 4.78 is 0. The summed E-state index contributed by atoms with van der Waals surface area (Å²) in [7, 11) is 0. The highest BCUT2D eigenvalue weighted by Crippen LogP contribution is 2.30. The van der Waals surface area contributed by atoms with Gasteiger partial charge in [0.05, 0.1) is 12.6 Å². The first-order valence-electron chi connectivity index (χ1n) is 9.23. The predicted molar refractivity (Wildman–Crippen MR) is 106 cm³/mol. The first-order valence-corrected chi connectivity index (χ1v) is 9.23. The number of hydrogen-bond donors (Lipinski definition) is 2. The number of fused-ring (bicyclic) bond motifs is 1. The first-order chi connectivity index (χ1) is 12.3. The number of aliphatic hydroxyl groups excluding tert-OH is 1. The number of benzene rings is 3. The van der Waals surface area contributed by atoms with Crippen LogP contribution >= 0.6 is 0 Å². The Kier molecular flexibility index (Phi) is 6.21. The Morgan fingerprint density at radius 3 is 2.32 bits per heavy atom. The third kappa shape index (κ3) is 4.28. The van der Waals surface area contributed by atoms with Gasteiger partial charge in [-0.05, 0) is 28.3 Å². The number of unbranched alkanes of at least 4 members (excludes halogenated alkanes) is 1. The van der Waals surface area contributed by atoms with Crippen molar-refractivity contribution < 1.29 is 5.11 Å². The average Bonchev–Trinajstić information content (AvgIpc) is 2.68. The zero-order valence-corrected chi connectivity index (χ0v) is 14.9. The van der Waals surface area contributed by atoms with Crippen LogP contribution in [0.1, 0.15) is 49.4 Å². The minimum atomic E-state index is -0.0537. The Bertz CT molecular complexity index is 779. The fourth-order valence-corrected chi connectivity index (χ4v) is 3.47. The van der Waals surface area contributed by atoms with E-state index in [1.54, 1.807) is 0 Å². The standard InChI is InChI=1S/C23H27NO/c1-2-3-16-22(24-23(17-25)19-11-5-4-6-12-19)21-15-9-13-18-10-7-8-14-20(18)21/h4-15,22-25H,2-3,16-17H2,1H3/t22-,23+/m1/s1. The monoisotopic (exact) mass is 333 g/mol. The Hall–Kier alpha value is -2.16. The van der Waals surface area contributed by atoms with Gasteiger partial charge in [0.1, 0.15) is 0 Å². The van der Waals surface area contributed by atoms with Crippen molar-refractivity contribution >= 4 is 10.8 Å². The number of aliphatic hydroxyl groups is 1. The largest absolute Gasteiger partial charge is 0.394 e. The van der Waals surface area contributed by atoms with E-state index in [2.05, 4.69) is 66.8 Å². The van der Waals surface area contributed by atoms with E-state index in [0.717, 1.165) is 24.8 Å². The molecule has 2 heteroatoms. The Labute approximate surface area is 150 Å². The highest BCUT2D eigenvalue weighted by atomic mass is 16.3. The molecule has 0 unspecified atom stereocenters. The van der Waals surface area contributed by atoms with Gasteiger partial charge in [0.15, 0.2) is 0 Å². The quantitative estimate of drug-likeness (QED) is 0.579. The van der Waals surface area contributed by atoms with Crippen molar-refractivity contribution in [3.8, 4) is 0 Å². The minimum absolute atomic E-state index is 0.0537. The van der Waals surface area contributed by atoms with E-state index >= 15 is 0 Å². The van der Waals surface area contributed by atoms with Crippen molar-refractivity contribution in [3.63, 3.8) is 0 Å². The lowest BCUT2D eigenvalue weighted by Gasteiger charge is -2.26. The fraction of sp³-hybridized carbons (Fsp3) is 0.304. The molecule has 0 amide bonds. The van der Waals surface area contributed by atoms with E-state index in [9.17, 15) is 5.11 Å². The van der Waals surface area contributed by atoms with Crippen molar-refractivity contribution in [3.05, 3.63) is 83.9 Å². The van der Waals surface area contributed by atoms with Crippen LogP contribution in [0, 0.1) is 0 Å². The molecule has 0 aliphatic heterocycles. The molecule has 0 saturated carbocycles. The van der Waals surface area contributed by atoms with Gasteiger partial charge in [0.2, 0.25) is 0 Å². The maximum atomic E-state index is 9.95. The molecular formula is C23H27NO. The van der Waals surface area contributed by atoms with Gasteiger partial charge in [-0.1, -0.05) is 92.6 Å². The van der Waals surface area contributed by atoms with Crippen molar-refractivity contribution in [1.82, 2.24) is 5.32 Å². The molecule has 130 valence electrons. The second-order valence-electron chi connectivity index (χ2n) is 6.58. The van der Waals surface area contributed by atoms with Gasteiger partial charge >= 0.3 is 0 Å². The molecule has 0 saturated heterocycles. The van der Waals surface area contributed by atoms with Crippen molar-refractivity contribution in [2.45, 2.75) is 38.3 Å². The SMILES string of the molecule is CCCC[C@@H](N[C@@H](CO)c1ccccc1)c1cccc2ccccc12. The molecule has 0 radical (unpaired) electrons. The summed E-state index contributed by atoms with van der Waals surface area (Å²) in [5.74, 6) is 0. The lowest BCUT2D eigenvalue weighted by Crippen LogP contribution is -2.29. The number of hydrogen-bond acceptors (Lipinski definition) is 2. The maximum absolute atomic E-state index is 9.95. The summed E-state index contributed by atoms with van der Waals surface area (Å²) >= 11 is 0. The van der Waals surface area contributed by atoms with Crippen LogP contribution in [0.25, 0.3) is 10.8 Å². The van der Waals surface area contributed by atoms with Gasteiger partial charge < -0.3 is 10.4 Å². The molecule has 2 atom stereocenters. The van der Waals surface area contributed by atoms with E-state index in [0.29, 0.717) is 0 Å². The highest BCUT2D eigenvalue weighted by molar-refractivity contribution is 5.86. The molecule has 25 heavy (non-hydrogen) atoms. The van der Waals surface area contributed by atoms with Crippen LogP contribution in [-0.4, -0.2) is 11.7 Å². The summed E-state index contributed by atoms with van der Waals surface area (Å²) in [6, 6.07) is 25.4. The molecule has 3 rings (SSSR count). The molecule has 3 aromatic carbocycles. The summed E-state index contributed by atoms with van der Waals surface area (Å²) in [6.07, 6.45) is 3.39. The minimum Gasteiger partial charge on any atom is -0.394 e. The third-order valence-corrected chi connectivity index (χ3v) is 4.83. The maximum Gasteiger partial charge on any atom is 0.0626 e. The van der Waals surface area contributed by atoms with Crippen LogP contribution in [0.5, 0.6) is 0 Å². The van der Waals surface area contributed by atoms with E-state index in [1.807, 2.05) is 18.2 Å². The van der Waals surface area contributed by atoms with Crippen LogP contribution in [0.15, 0.2) is 72.8 Å². The van der Waals surface area contributed by atoms with E-state index in [-0.39, 0.29) is 18.7 Å². The zero-order valence-electron chi connectivity index (χ0n) is 14.9. The molecule has 0 aromatic heterocycles. The predicted octanol–water partition coefficient (Wildman–Crippen LogP) is 5.39. The number of nitrogens with one attached hydrogen (secondary N) is 1. The Morgan fingerprint density at radius 1 is 0.840 bits per heavy atom. The lowest BCUT2D eigenvalue weighted by atomic mass is 9.94. The van der Waals surface area contributed by atoms with Crippen LogP contribution in [0.2, 0.25) is 0 Å². The number of rotatable bonds is 8. The summed E-state index contributed by atoms with van der Waals surface area (Å²) in [6.45, 7) is 2.32. The zero-order chi connectivity index (χ0) is 17.5. The molecule has 0 fully saturated rings. The van der Waals surface area contributed by atoms with Gasteiger partial charge in [-0.25, -0.2) is 0 Å². The molecule has 0 heterocycles. The molecule has 0 bridgehead atoms. The summed E-state index contributed by atoms with van der Waals surface area (Å²) in [5.41, 5.74) is 2.45. The van der Waals surface area contributed by atoms with E-state index in [1.165, 1.54) is 16.3 Å². The normalized spacial score (nSPS) is 13.7. The Morgan fingerprint density at radius 2 is 1.56 bits per heavy atom. The topological polar surface area (TPSA) is 32.3 Å². The molecule has 0 spiro atoms. The van der Waals surface area contributed by atoms with Gasteiger partial charge in [0.25, 0.3) is 0 Å². The fourth-order valence-electron chi connectivity index (χ4n) is 3.47.